The summed E-state index contributed by atoms with van der Waals surface area (Å²) in [6.07, 6.45) is 5.57. The highest BCUT2D eigenvalue weighted by molar-refractivity contribution is 5.80. The lowest BCUT2D eigenvalue weighted by Crippen LogP contribution is -2.49. The SMILES string of the molecule is CCC(C#N)(CC)NC(=O)C1CCC(C)CC1. The van der Waals surface area contributed by atoms with E-state index in [0.717, 1.165) is 31.6 Å². The average Bonchev–Trinajstić information content (AvgIpc) is 2.37. The second-order valence-electron chi connectivity index (χ2n) is 5.35. The fourth-order valence-electron chi connectivity index (χ4n) is 2.47. The number of hydrogen-bond donors (Lipinski definition) is 1. The van der Waals surface area contributed by atoms with Gasteiger partial charge >= 0.3 is 0 Å². The zero-order valence-corrected chi connectivity index (χ0v) is 11.3. The third kappa shape index (κ3) is 3.46. The van der Waals surface area contributed by atoms with Crippen LogP contribution in [0.1, 0.15) is 59.3 Å². The number of carbonyl (C=O) groups is 1. The molecule has 1 fully saturated rings. The minimum atomic E-state index is -0.653. The highest BCUT2D eigenvalue weighted by atomic mass is 16.2. The molecule has 0 radical (unpaired) electrons. The molecule has 1 amide bonds. The van der Waals surface area contributed by atoms with Crippen molar-refractivity contribution in [2.24, 2.45) is 11.8 Å². The molecule has 0 bridgehead atoms. The Hall–Kier alpha value is -1.04. The van der Waals surface area contributed by atoms with Gasteiger partial charge in [0.1, 0.15) is 5.54 Å². The summed E-state index contributed by atoms with van der Waals surface area (Å²) in [4.78, 5) is 12.1. The van der Waals surface area contributed by atoms with Crippen LogP contribution in [0, 0.1) is 23.2 Å². The normalized spacial score (nSPS) is 25.1. The highest BCUT2D eigenvalue weighted by Gasteiger charge is 2.32. The van der Waals surface area contributed by atoms with Crippen LogP contribution in [0.4, 0.5) is 0 Å². The Morgan fingerprint density at radius 1 is 1.29 bits per heavy atom. The molecule has 3 nitrogen and oxygen atoms in total. The molecule has 0 saturated heterocycles. The lowest BCUT2D eigenvalue weighted by atomic mass is 9.82. The van der Waals surface area contributed by atoms with Gasteiger partial charge in [-0.1, -0.05) is 20.8 Å². The summed E-state index contributed by atoms with van der Waals surface area (Å²) in [6.45, 7) is 6.15. The first-order chi connectivity index (χ1) is 8.06. The number of hydrogen-bond acceptors (Lipinski definition) is 2. The first kappa shape index (κ1) is 14.0. The fourth-order valence-corrected chi connectivity index (χ4v) is 2.47. The van der Waals surface area contributed by atoms with Crippen LogP contribution in [0.25, 0.3) is 0 Å². The molecule has 0 unspecified atom stereocenters. The number of rotatable bonds is 4. The van der Waals surface area contributed by atoms with Crippen LogP contribution in [0.15, 0.2) is 0 Å². The first-order valence-electron chi connectivity index (χ1n) is 6.80. The second kappa shape index (κ2) is 6.05. The van der Waals surface area contributed by atoms with Crippen LogP contribution < -0.4 is 5.32 Å². The molecular formula is C14H24N2O. The van der Waals surface area contributed by atoms with Crippen molar-refractivity contribution in [3.63, 3.8) is 0 Å². The molecular weight excluding hydrogens is 212 g/mol. The minimum Gasteiger partial charge on any atom is -0.338 e. The van der Waals surface area contributed by atoms with Crippen LogP contribution >= 0.6 is 0 Å². The van der Waals surface area contributed by atoms with Crippen molar-refractivity contribution in [2.75, 3.05) is 0 Å². The number of amides is 1. The molecule has 96 valence electrons. The van der Waals surface area contributed by atoms with E-state index >= 15 is 0 Å². The maximum absolute atomic E-state index is 12.1. The quantitative estimate of drug-likeness (QED) is 0.815. The van der Waals surface area contributed by atoms with E-state index in [9.17, 15) is 10.1 Å². The summed E-state index contributed by atoms with van der Waals surface area (Å²) in [5.41, 5.74) is -0.653. The molecule has 1 rings (SSSR count). The third-order valence-electron chi connectivity index (χ3n) is 4.17. The van der Waals surface area contributed by atoms with Crippen LogP contribution in [0.2, 0.25) is 0 Å². The predicted octanol–water partition coefficient (Wildman–Crippen LogP) is 3.01. The summed E-state index contributed by atoms with van der Waals surface area (Å²) in [5, 5.41) is 12.2. The van der Waals surface area contributed by atoms with Gasteiger partial charge in [0.2, 0.25) is 5.91 Å². The van der Waals surface area contributed by atoms with E-state index in [0.29, 0.717) is 12.8 Å². The summed E-state index contributed by atoms with van der Waals surface area (Å²) < 4.78 is 0. The van der Waals surface area contributed by atoms with Crippen LogP contribution in [-0.2, 0) is 4.79 Å². The van der Waals surface area contributed by atoms with Gasteiger partial charge in [-0.3, -0.25) is 4.79 Å². The molecule has 0 aromatic rings. The summed E-state index contributed by atoms with van der Waals surface area (Å²) in [7, 11) is 0. The molecule has 3 heteroatoms. The predicted molar refractivity (Wildman–Crippen MR) is 68.2 cm³/mol. The summed E-state index contributed by atoms with van der Waals surface area (Å²) in [6, 6.07) is 2.26. The standard InChI is InChI=1S/C14H24N2O/c1-4-14(5-2,10-15)16-13(17)12-8-6-11(3)7-9-12/h11-12H,4-9H2,1-3H3,(H,16,17). The number of nitrogens with one attached hydrogen (secondary N) is 1. The van der Waals surface area contributed by atoms with E-state index in [1.807, 2.05) is 13.8 Å². The Balaban J connectivity index is 2.57. The molecule has 1 aliphatic carbocycles. The summed E-state index contributed by atoms with van der Waals surface area (Å²) >= 11 is 0. The molecule has 0 spiro atoms. The van der Waals surface area contributed by atoms with Crippen molar-refractivity contribution in [1.29, 1.82) is 5.26 Å². The Bertz CT molecular complexity index is 294. The van der Waals surface area contributed by atoms with Crippen molar-refractivity contribution in [2.45, 2.75) is 64.8 Å². The second-order valence-corrected chi connectivity index (χ2v) is 5.35. The van der Waals surface area contributed by atoms with Gasteiger partial charge in [0.05, 0.1) is 6.07 Å². The molecule has 0 atom stereocenters. The monoisotopic (exact) mass is 236 g/mol. The average molecular weight is 236 g/mol. The van der Waals surface area contributed by atoms with Crippen molar-refractivity contribution in [3.8, 4) is 6.07 Å². The molecule has 0 aromatic heterocycles. The summed E-state index contributed by atoms with van der Waals surface area (Å²) in [5.74, 6) is 0.955. The van der Waals surface area contributed by atoms with E-state index < -0.39 is 5.54 Å². The van der Waals surface area contributed by atoms with E-state index in [1.165, 1.54) is 0 Å². The molecule has 0 aromatic carbocycles. The maximum atomic E-state index is 12.1. The van der Waals surface area contributed by atoms with Crippen molar-refractivity contribution in [1.82, 2.24) is 5.32 Å². The number of nitrogens with zero attached hydrogens (tertiary/aromatic N) is 1. The highest BCUT2D eigenvalue weighted by Crippen LogP contribution is 2.29. The fraction of sp³-hybridized carbons (Fsp3) is 0.857. The van der Waals surface area contributed by atoms with Gasteiger partial charge in [0, 0.05) is 5.92 Å². The Kier molecular flexibility index (Phi) is 4.99. The Labute approximate surface area is 105 Å². The first-order valence-corrected chi connectivity index (χ1v) is 6.80. The molecule has 1 saturated carbocycles. The van der Waals surface area contributed by atoms with Crippen LogP contribution in [-0.4, -0.2) is 11.4 Å². The van der Waals surface area contributed by atoms with Gasteiger partial charge in [-0.25, -0.2) is 0 Å². The molecule has 0 aliphatic heterocycles. The molecule has 0 heterocycles. The Morgan fingerprint density at radius 3 is 2.24 bits per heavy atom. The number of carbonyl (C=O) groups excluding carboxylic acids is 1. The van der Waals surface area contributed by atoms with Crippen molar-refractivity contribution >= 4 is 5.91 Å². The zero-order valence-electron chi connectivity index (χ0n) is 11.3. The van der Waals surface area contributed by atoms with Crippen molar-refractivity contribution in [3.05, 3.63) is 0 Å². The Morgan fingerprint density at radius 2 is 1.82 bits per heavy atom. The van der Waals surface area contributed by atoms with Gasteiger partial charge in [0.15, 0.2) is 0 Å². The van der Waals surface area contributed by atoms with E-state index in [-0.39, 0.29) is 11.8 Å². The van der Waals surface area contributed by atoms with Crippen LogP contribution in [0.3, 0.4) is 0 Å². The van der Waals surface area contributed by atoms with E-state index in [2.05, 4.69) is 18.3 Å². The lowest BCUT2D eigenvalue weighted by Gasteiger charge is -2.30. The van der Waals surface area contributed by atoms with Gasteiger partial charge in [-0.2, -0.15) is 5.26 Å². The maximum Gasteiger partial charge on any atom is 0.224 e. The minimum absolute atomic E-state index is 0.0853. The largest absolute Gasteiger partial charge is 0.338 e. The van der Waals surface area contributed by atoms with Crippen molar-refractivity contribution < 1.29 is 4.79 Å². The molecule has 1 aliphatic rings. The molecule has 17 heavy (non-hydrogen) atoms. The van der Waals surface area contributed by atoms with Gasteiger partial charge in [-0.15, -0.1) is 0 Å². The topological polar surface area (TPSA) is 52.9 Å². The lowest BCUT2D eigenvalue weighted by molar-refractivity contribution is -0.127. The number of nitriles is 1. The zero-order chi connectivity index (χ0) is 12.9. The van der Waals surface area contributed by atoms with Gasteiger partial charge in [0.25, 0.3) is 0 Å². The third-order valence-corrected chi connectivity index (χ3v) is 4.17. The van der Waals surface area contributed by atoms with Crippen LogP contribution in [0.5, 0.6) is 0 Å². The smallest absolute Gasteiger partial charge is 0.224 e. The van der Waals surface area contributed by atoms with E-state index in [4.69, 9.17) is 0 Å². The van der Waals surface area contributed by atoms with Gasteiger partial charge < -0.3 is 5.32 Å². The van der Waals surface area contributed by atoms with E-state index in [1.54, 1.807) is 0 Å². The molecule has 1 N–H and O–H groups in total. The van der Waals surface area contributed by atoms with Gasteiger partial charge in [-0.05, 0) is 44.4 Å².